The summed E-state index contributed by atoms with van der Waals surface area (Å²) < 4.78 is 26.5. The van der Waals surface area contributed by atoms with Crippen molar-refractivity contribution in [2.75, 3.05) is 6.54 Å². The van der Waals surface area contributed by atoms with E-state index in [-0.39, 0.29) is 5.92 Å². The molecule has 0 fully saturated rings. The monoisotopic (exact) mass is 328 g/mol. The first-order valence-corrected chi connectivity index (χ1v) is 7.10. The van der Waals surface area contributed by atoms with Crippen molar-refractivity contribution in [3.8, 4) is 0 Å². The molecule has 0 saturated carbocycles. The van der Waals surface area contributed by atoms with Gasteiger partial charge in [0.1, 0.15) is 0 Å². The van der Waals surface area contributed by atoms with E-state index in [0.717, 1.165) is 12.1 Å². The number of hydrogen-bond donors (Lipinski definition) is 4. The summed E-state index contributed by atoms with van der Waals surface area (Å²) in [6.07, 6.45) is 0.329. The van der Waals surface area contributed by atoms with E-state index in [0.29, 0.717) is 6.42 Å². The molecule has 2 amide bonds. The number of carbonyl (C=O) groups excluding carboxylic acids is 2. The van der Waals surface area contributed by atoms with Crippen LogP contribution in [0.15, 0.2) is 18.2 Å². The van der Waals surface area contributed by atoms with Crippen molar-refractivity contribution in [2.24, 2.45) is 5.92 Å². The Kier molecular flexibility index (Phi) is 7.11. The Morgan fingerprint density at radius 1 is 1.26 bits per heavy atom. The highest BCUT2D eigenvalue weighted by Crippen LogP contribution is 2.11. The molecule has 1 aromatic carbocycles. The van der Waals surface area contributed by atoms with Crippen molar-refractivity contribution < 1.29 is 28.4 Å². The van der Waals surface area contributed by atoms with Gasteiger partial charge in [0.15, 0.2) is 11.6 Å². The second-order valence-electron chi connectivity index (χ2n) is 5.50. The fourth-order valence-electron chi connectivity index (χ4n) is 1.96. The zero-order chi connectivity index (χ0) is 17.6. The minimum absolute atomic E-state index is 0.109. The summed E-state index contributed by atoms with van der Waals surface area (Å²) in [4.78, 5) is 23.4. The molecule has 0 saturated heterocycles. The molecular weight excluding hydrogens is 309 g/mol. The van der Waals surface area contributed by atoms with Crippen molar-refractivity contribution in [1.82, 2.24) is 10.6 Å². The van der Waals surface area contributed by atoms with E-state index in [1.165, 1.54) is 6.07 Å². The number of carbonyl (C=O) groups is 2. The van der Waals surface area contributed by atoms with Crippen molar-refractivity contribution in [1.29, 1.82) is 0 Å². The lowest BCUT2D eigenvalue weighted by molar-refractivity contribution is -0.120. The lowest BCUT2D eigenvalue weighted by Gasteiger charge is -2.19. The number of benzene rings is 1. The molecule has 0 aliphatic carbocycles. The van der Waals surface area contributed by atoms with E-state index in [9.17, 15) is 28.4 Å². The quantitative estimate of drug-likeness (QED) is 0.539. The van der Waals surface area contributed by atoms with Crippen LogP contribution in [0.2, 0.25) is 0 Å². The van der Waals surface area contributed by atoms with Crippen LogP contribution in [-0.4, -0.2) is 41.5 Å². The highest BCUT2D eigenvalue weighted by molar-refractivity contribution is 6.43. The van der Waals surface area contributed by atoms with Gasteiger partial charge in [0.05, 0.1) is 18.0 Å². The number of halogens is 2. The third-order valence-electron chi connectivity index (χ3n) is 3.04. The van der Waals surface area contributed by atoms with Crippen molar-refractivity contribution in [3.63, 3.8) is 0 Å². The van der Waals surface area contributed by atoms with Crippen molar-refractivity contribution in [3.05, 3.63) is 35.4 Å². The van der Waals surface area contributed by atoms with Crippen LogP contribution in [0.3, 0.4) is 0 Å². The second kappa shape index (κ2) is 8.59. The van der Waals surface area contributed by atoms with Crippen LogP contribution in [0, 0.1) is 17.6 Å². The van der Waals surface area contributed by atoms with E-state index in [4.69, 9.17) is 0 Å². The lowest BCUT2D eigenvalue weighted by atomic mass is 9.75. The van der Waals surface area contributed by atoms with Gasteiger partial charge in [-0.2, -0.15) is 0 Å². The molecule has 1 unspecified atom stereocenters. The van der Waals surface area contributed by atoms with Gasteiger partial charge < -0.3 is 20.7 Å². The predicted molar refractivity (Wildman–Crippen MR) is 80.3 cm³/mol. The van der Waals surface area contributed by atoms with Crippen LogP contribution in [-0.2, 0) is 4.79 Å². The first kappa shape index (κ1) is 19.1. The molecule has 0 radical (unpaired) electrons. The van der Waals surface area contributed by atoms with E-state index >= 15 is 0 Å². The minimum Gasteiger partial charge on any atom is -0.426 e. The molecule has 1 atom stereocenters. The van der Waals surface area contributed by atoms with Gasteiger partial charge in [0.25, 0.3) is 5.91 Å². The van der Waals surface area contributed by atoms with Crippen LogP contribution in [0.4, 0.5) is 8.78 Å². The minimum atomic E-state index is -1.74. The average Bonchev–Trinajstić information content (AvgIpc) is 2.46. The summed E-state index contributed by atoms with van der Waals surface area (Å²) in [5.41, 5.74) is -0.515. The van der Waals surface area contributed by atoms with Crippen molar-refractivity contribution in [2.45, 2.75) is 26.2 Å². The van der Waals surface area contributed by atoms with E-state index in [1.807, 2.05) is 13.8 Å². The molecule has 1 rings (SSSR count). The highest BCUT2D eigenvalue weighted by Gasteiger charge is 2.26. The van der Waals surface area contributed by atoms with Crippen LogP contribution < -0.4 is 10.6 Å². The van der Waals surface area contributed by atoms with Gasteiger partial charge in [-0.1, -0.05) is 19.9 Å². The molecule has 9 heteroatoms. The third-order valence-corrected chi connectivity index (χ3v) is 3.04. The Balaban J connectivity index is 2.58. The fourth-order valence-corrected chi connectivity index (χ4v) is 1.96. The summed E-state index contributed by atoms with van der Waals surface area (Å²) in [7, 11) is -1.74. The molecule has 1 aromatic rings. The fraction of sp³-hybridized carbons (Fsp3) is 0.429. The molecule has 0 aliphatic rings. The van der Waals surface area contributed by atoms with Gasteiger partial charge >= 0.3 is 7.12 Å². The SMILES string of the molecule is CC(C)CC(NC(=O)CNC(=O)c1cccc(F)c1F)B(O)O. The maximum Gasteiger partial charge on any atom is 0.475 e. The van der Waals surface area contributed by atoms with Gasteiger partial charge in [0, 0.05) is 0 Å². The molecule has 0 heterocycles. The maximum atomic E-state index is 13.4. The Labute approximate surface area is 133 Å². The highest BCUT2D eigenvalue weighted by atomic mass is 19.2. The summed E-state index contributed by atoms with van der Waals surface area (Å²) in [6.45, 7) is 3.18. The number of hydrogen-bond acceptors (Lipinski definition) is 4. The van der Waals surface area contributed by atoms with Gasteiger partial charge in [-0.3, -0.25) is 9.59 Å². The van der Waals surface area contributed by atoms with Gasteiger partial charge in [-0.25, -0.2) is 8.78 Å². The van der Waals surface area contributed by atoms with E-state index < -0.39 is 48.6 Å². The third kappa shape index (κ3) is 5.95. The standard InChI is InChI=1S/C14H19BF2N2O4/c1-8(2)6-11(15(22)23)19-12(20)7-18-14(21)9-4-3-5-10(16)13(9)17/h3-5,8,11,22-23H,6-7H2,1-2H3,(H,18,21)(H,19,20). The smallest absolute Gasteiger partial charge is 0.426 e. The number of amides is 2. The Hall–Kier alpha value is -2.00. The Morgan fingerprint density at radius 3 is 2.48 bits per heavy atom. The van der Waals surface area contributed by atoms with E-state index in [1.54, 1.807) is 0 Å². The Morgan fingerprint density at radius 2 is 1.91 bits per heavy atom. The summed E-state index contributed by atoms with van der Waals surface area (Å²) in [5.74, 6) is -4.85. The van der Waals surface area contributed by atoms with Gasteiger partial charge in [-0.05, 0) is 24.5 Å². The van der Waals surface area contributed by atoms with E-state index in [2.05, 4.69) is 10.6 Å². The summed E-state index contributed by atoms with van der Waals surface area (Å²) in [5, 5.41) is 22.9. The predicted octanol–water partition coefficient (Wildman–Crippen LogP) is 0.237. The Bertz CT molecular complexity index is 570. The number of nitrogens with one attached hydrogen (secondary N) is 2. The van der Waals surface area contributed by atoms with Gasteiger partial charge in [0.2, 0.25) is 5.91 Å². The molecule has 0 aliphatic heterocycles. The molecule has 0 bridgehead atoms. The number of rotatable bonds is 7. The first-order chi connectivity index (χ1) is 10.7. The molecule has 6 nitrogen and oxygen atoms in total. The summed E-state index contributed by atoms with van der Waals surface area (Å²) >= 11 is 0. The average molecular weight is 328 g/mol. The van der Waals surface area contributed by atoms with Crippen LogP contribution in [0.1, 0.15) is 30.6 Å². The molecule has 126 valence electrons. The van der Waals surface area contributed by atoms with Crippen LogP contribution >= 0.6 is 0 Å². The largest absolute Gasteiger partial charge is 0.475 e. The first-order valence-electron chi connectivity index (χ1n) is 7.10. The molecular formula is C14H19BF2N2O4. The van der Waals surface area contributed by atoms with Gasteiger partial charge in [-0.15, -0.1) is 0 Å². The summed E-state index contributed by atoms with van der Waals surface area (Å²) in [6, 6.07) is 3.14. The normalized spacial score (nSPS) is 12.0. The zero-order valence-electron chi connectivity index (χ0n) is 12.8. The van der Waals surface area contributed by atoms with Crippen molar-refractivity contribution >= 4 is 18.9 Å². The van der Waals surface area contributed by atoms with Crippen LogP contribution in [0.5, 0.6) is 0 Å². The van der Waals surface area contributed by atoms with Crippen LogP contribution in [0.25, 0.3) is 0 Å². The molecule has 0 spiro atoms. The zero-order valence-corrected chi connectivity index (χ0v) is 12.8. The second-order valence-corrected chi connectivity index (χ2v) is 5.50. The topological polar surface area (TPSA) is 98.7 Å². The lowest BCUT2D eigenvalue weighted by Crippen LogP contribution is -2.50. The molecule has 0 aromatic heterocycles. The maximum absolute atomic E-state index is 13.4. The molecule has 4 N–H and O–H groups in total. The molecule has 23 heavy (non-hydrogen) atoms.